The predicted molar refractivity (Wildman–Crippen MR) is 87.4 cm³/mol. The number of hydrogen-bond acceptors (Lipinski definition) is 4. The Balaban J connectivity index is 1.81. The molecule has 126 valence electrons. The molecule has 0 unspecified atom stereocenters. The molecule has 0 radical (unpaired) electrons. The zero-order chi connectivity index (χ0) is 16.8. The van der Waals surface area contributed by atoms with Gasteiger partial charge in [-0.25, -0.2) is 4.79 Å². The molecule has 0 bridgehead atoms. The molecule has 5 heteroatoms. The van der Waals surface area contributed by atoms with Gasteiger partial charge in [0.05, 0.1) is 12.7 Å². The summed E-state index contributed by atoms with van der Waals surface area (Å²) in [5, 5.41) is 3.07. The third-order valence-corrected chi connectivity index (χ3v) is 4.70. The highest BCUT2D eigenvalue weighted by Gasteiger charge is 2.28. The van der Waals surface area contributed by atoms with Gasteiger partial charge in [0.15, 0.2) is 6.61 Å². The summed E-state index contributed by atoms with van der Waals surface area (Å²) < 4.78 is 10.1. The molecule has 1 aromatic rings. The van der Waals surface area contributed by atoms with E-state index in [1.807, 2.05) is 0 Å². The fraction of sp³-hybridized carbons (Fsp3) is 0.556. The monoisotopic (exact) mass is 319 g/mol. The van der Waals surface area contributed by atoms with Crippen LogP contribution in [0.15, 0.2) is 24.3 Å². The van der Waals surface area contributed by atoms with Crippen molar-refractivity contribution in [3.63, 3.8) is 0 Å². The van der Waals surface area contributed by atoms with E-state index in [1.165, 1.54) is 13.5 Å². The van der Waals surface area contributed by atoms with Crippen molar-refractivity contribution in [2.75, 3.05) is 13.7 Å². The van der Waals surface area contributed by atoms with Crippen molar-refractivity contribution in [1.82, 2.24) is 5.32 Å². The number of rotatable bonds is 5. The molecule has 1 fully saturated rings. The second-order valence-corrected chi connectivity index (χ2v) is 6.25. The van der Waals surface area contributed by atoms with Gasteiger partial charge in [-0.1, -0.05) is 26.7 Å². The highest BCUT2D eigenvalue weighted by Crippen LogP contribution is 2.29. The highest BCUT2D eigenvalue weighted by molar-refractivity contribution is 5.89. The SMILES string of the molecule is COC(=O)c1ccc(OCC(=O)N[C@@H]2CCC[C@H](C)[C@H]2C)cc1. The number of amides is 1. The first-order valence-electron chi connectivity index (χ1n) is 8.11. The zero-order valence-corrected chi connectivity index (χ0v) is 14.0. The number of hydrogen-bond donors (Lipinski definition) is 1. The Labute approximate surface area is 137 Å². The Kier molecular flexibility index (Phi) is 6.02. The Bertz CT molecular complexity index is 540. The standard InChI is InChI=1S/C18H25NO4/c1-12-5-4-6-16(13(12)2)19-17(20)11-23-15-9-7-14(8-10-15)18(21)22-3/h7-10,12-13,16H,4-6,11H2,1-3H3,(H,19,20)/t12-,13+,16+/m0/s1. The molecule has 1 aliphatic rings. The Morgan fingerprint density at radius 2 is 1.87 bits per heavy atom. The first-order valence-corrected chi connectivity index (χ1v) is 8.11. The van der Waals surface area contributed by atoms with E-state index in [0.717, 1.165) is 12.8 Å². The van der Waals surface area contributed by atoms with Crippen LogP contribution in [0.3, 0.4) is 0 Å². The Morgan fingerprint density at radius 1 is 1.17 bits per heavy atom. The summed E-state index contributed by atoms with van der Waals surface area (Å²) in [4.78, 5) is 23.4. The number of benzene rings is 1. The van der Waals surface area contributed by atoms with Crippen molar-refractivity contribution < 1.29 is 19.1 Å². The zero-order valence-electron chi connectivity index (χ0n) is 14.0. The van der Waals surface area contributed by atoms with E-state index in [0.29, 0.717) is 23.1 Å². The lowest BCUT2D eigenvalue weighted by atomic mass is 9.78. The van der Waals surface area contributed by atoms with Crippen molar-refractivity contribution in [3.8, 4) is 5.75 Å². The minimum Gasteiger partial charge on any atom is -0.484 e. The number of nitrogens with one attached hydrogen (secondary N) is 1. The fourth-order valence-corrected chi connectivity index (χ4v) is 2.99. The van der Waals surface area contributed by atoms with Crippen LogP contribution < -0.4 is 10.1 Å². The van der Waals surface area contributed by atoms with Crippen LogP contribution in [-0.2, 0) is 9.53 Å². The molecule has 1 saturated carbocycles. The molecule has 23 heavy (non-hydrogen) atoms. The van der Waals surface area contributed by atoms with Gasteiger partial charge in [-0.05, 0) is 42.5 Å². The fourth-order valence-electron chi connectivity index (χ4n) is 2.99. The number of ether oxygens (including phenoxy) is 2. The van der Waals surface area contributed by atoms with Crippen molar-refractivity contribution in [2.45, 2.75) is 39.2 Å². The summed E-state index contributed by atoms with van der Waals surface area (Å²) in [6.07, 6.45) is 3.42. The van der Waals surface area contributed by atoms with Crippen LogP contribution in [0.25, 0.3) is 0 Å². The van der Waals surface area contributed by atoms with Crippen molar-refractivity contribution >= 4 is 11.9 Å². The lowest BCUT2D eigenvalue weighted by molar-refractivity contribution is -0.124. The second kappa shape index (κ2) is 7.99. The van der Waals surface area contributed by atoms with Crippen LogP contribution >= 0.6 is 0 Å². The summed E-state index contributed by atoms with van der Waals surface area (Å²) in [7, 11) is 1.34. The van der Waals surface area contributed by atoms with E-state index in [9.17, 15) is 9.59 Å². The largest absolute Gasteiger partial charge is 0.484 e. The van der Waals surface area contributed by atoms with E-state index in [4.69, 9.17) is 4.74 Å². The highest BCUT2D eigenvalue weighted by atomic mass is 16.5. The summed E-state index contributed by atoms with van der Waals surface area (Å²) in [6.45, 7) is 4.42. The third kappa shape index (κ3) is 4.71. The van der Waals surface area contributed by atoms with Crippen molar-refractivity contribution in [2.24, 2.45) is 11.8 Å². The van der Waals surface area contributed by atoms with Gasteiger partial charge in [-0.3, -0.25) is 4.79 Å². The molecule has 3 atom stereocenters. The maximum Gasteiger partial charge on any atom is 0.337 e. The summed E-state index contributed by atoms with van der Waals surface area (Å²) >= 11 is 0. The van der Waals surface area contributed by atoms with E-state index in [2.05, 4.69) is 23.9 Å². The Hall–Kier alpha value is -2.04. The van der Waals surface area contributed by atoms with E-state index >= 15 is 0 Å². The van der Waals surface area contributed by atoms with Gasteiger partial charge in [0.1, 0.15) is 5.75 Å². The number of carbonyl (C=O) groups excluding carboxylic acids is 2. The van der Waals surface area contributed by atoms with E-state index in [1.54, 1.807) is 24.3 Å². The number of carbonyl (C=O) groups is 2. The normalized spacial score (nSPS) is 23.9. The molecule has 0 heterocycles. The first kappa shape index (κ1) is 17.3. The summed E-state index contributed by atoms with van der Waals surface area (Å²) in [6, 6.07) is 6.78. The summed E-state index contributed by atoms with van der Waals surface area (Å²) in [5.74, 6) is 1.19. The quantitative estimate of drug-likeness (QED) is 0.848. The molecule has 2 rings (SSSR count). The van der Waals surface area contributed by atoms with Gasteiger partial charge in [0, 0.05) is 6.04 Å². The number of methoxy groups -OCH3 is 1. The van der Waals surface area contributed by atoms with Crippen LogP contribution in [0.5, 0.6) is 5.75 Å². The predicted octanol–water partition coefficient (Wildman–Crippen LogP) is 2.79. The van der Waals surface area contributed by atoms with Gasteiger partial charge < -0.3 is 14.8 Å². The van der Waals surface area contributed by atoms with Crippen molar-refractivity contribution in [3.05, 3.63) is 29.8 Å². The molecule has 1 aromatic carbocycles. The van der Waals surface area contributed by atoms with Gasteiger partial charge >= 0.3 is 5.97 Å². The molecule has 1 N–H and O–H groups in total. The third-order valence-electron chi connectivity index (χ3n) is 4.70. The average Bonchev–Trinajstić information content (AvgIpc) is 2.57. The molecule has 1 amide bonds. The first-order chi connectivity index (χ1) is 11.0. The van der Waals surface area contributed by atoms with Gasteiger partial charge in [-0.15, -0.1) is 0 Å². The van der Waals surface area contributed by atoms with E-state index < -0.39 is 5.97 Å². The van der Waals surface area contributed by atoms with E-state index in [-0.39, 0.29) is 18.6 Å². The molecular formula is C18H25NO4. The maximum atomic E-state index is 12.0. The maximum absolute atomic E-state index is 12.0. The lowest BCUT2D eigenvalue weighted by Crippen LogP contribution is -2.45. The molecule has 5 nitrogen and oxygen atoms in total. The lowest BCUT2D eigenvalue weighted by Gasteiger charge is -2.34. The van der Waals surface area contributed by atoms with Crippen LogP contribution in [-0.4, -0.2) is 31.6 Å². The van der Waals surface area contributed by atoms with Crippen LogP contribution in [0.4, 0.5) is 0 Å². The molecule has 0 spiro atoms. The second-order valence-electron chi connectivity index (χ2n) is 6.25. The molecule has 1 aliphatic carbocycles. The smallest absolute Gasteiger partial charge is 0.337 e. The van der Waals surface area contributed by atoms with Crippen LogP contribution in [0.1, 0.15) is 43.5 Å². The molecule has 0 aliphatic heterocycles. The van der Waals surface area contributed by atoms with Crippen molar-refractivity contribution in [1.29, 1.82) is 0 Å². The average molecular weight is 319 g/mol. The van der Waals surface area contributed by atoms with Gasteiger partial charge in [0.25, 0.3) is 5.91 Å². The van der Waals surface area contributed by atoms with Gasteiger partial charge in [0.2, 0.25) is 0 Å². The molecule has 0 saturated heterocycles. The Morgan fingerprint density at radius 3 is 2.52 bits per heavy atom. The van der Waals surface area contributed by atoms with Crippen LogP contribution in [0, 0.1) is 11.8 Å². The van der Waals surface area contributed by atoms with Gasteiger partial charge in [-0.2, -0.15) is 0 Å². The molecule has 0 aromatic heterocycles. The minimum atomic E-state index is -0.394. The minimum absolute atomic E-state index is 0.0187. The topological polar surface area (TPSA) is 64.6 Å². The van der Waals surface area contributed by atoms with Crippen LogP contribution in [0.2, 0.25) is 0 Å². The summed E-state index contributed by atoms with van der Waals surface area (Å²) in [5.41, 5.74) is 0.453. The number of esters is 1. The molecular weight excluding hydrogens is 294 g/mol.